The van der Waals surface area contributed by atoms with Crippen LogP contribution in [-0.2, 0) is 6.42 Å². The lowest BCUT2D eigenvalue weighted by atomic mass is 10.1. The van der Waals surface area contributed by atoms with E-state index >= 15 is 0 Å². The Balaban J connectivity index is 1.66. The van der Waals surface area contributed by atoms with Crippen molar-refractivity contribution in [2.24, 2.45) is 0 Å². The first kappa shape index (κ1) is 25.9. The zero-order valence-corrected chi connectivity index (χ0v) is 23.1. The van der Waals surface area contributed by atoms with E-state index in [0.29, 0.717) is 46.0 Å². The van der Waals surface area contributed by atoms with Crippen molar-refractivity contribution in [3.63, 3.8) is 0 Å². The number of fused-ring (bicyclic) bond motifs is 1. The Labute approximate surface area is 234 Å². The maximum Gasteiger partial charge on any atom is 0.266 e. The monoisotopic (exact) mass is 585 g/mol. The van der Waals surface area contributed by atoms with Crippen molar-refractivity contribution < 1.29 is 4.79 Å². The number of carbonyl (C=O) groups excluding carboxylic acids is 1. The third-order valence-corrected chi connectivity index (χ3v) is 7.44. The van der Waals surface area contributed by atoms with Crippen LogP contribution in [-0.4, -0.2) is 26.9 Å². The van der Waals surface area contributed by atoms with E-state index in [4.69, 9.17) is 16.6 Å². The Morgan fingerprint density at radius 3 is 2.32 bits per heavy atom. The lowest BCUT2D eigenvalue weighted by Gasteiger charge is -2.31. The molecule has 0 bridgehead atoms. The summed E-state index contributed by atoms with van der Waals surface area (Å²) in [5.41, 5.74) is 2.58. The second-order valence-electron chi connectivity index (χ2n) is 8.99. The summed E-state index contributed by atoms with van der Waals surface area (Å²) in [6.07, 6.45) is 0.636. The molecule has 190 valence electrons. The molecule has 0 aliphatic carbocycles. The first-order valence-electron chi connectivity index (χ1n) is 12.3. The number of hydrogen-bond acceptors (Lipinski definition) is 3. The highest BCUT2D eigenvalue weighted by molar-refractivity contribution is 9.10. The number of carbonyl (C=O) groups is 1. The summed E-state index contributed by atoms with van der Waals surface area (Å²) in [7, 11) is 0. The molecule has 1 aromatic heterocycles. The van der Waals surface area contributed by atoms with E-state index in [1.165, 1.54) is 0 Å². The number of halogens is 2. The second-order valence-corrected chi connectivity index (χ2v) is 10.3. The second kappa shape index (κ2) is 11.3. The van der Waals surface area contributed by atoms with Gasteiger partial charge in [-0.25, -0.2) is 4.98 Å². The van der Waals surface area contributed by atoms with Gasteiger partial charge in [-0.1, -0.05) is 82.1 Å². The van der Waals surface area contributed by atoms with E-state index in [1.807, 2.05) is 79.7 Å². The van der Waals surface area contributed by atoms with Gasteiger partial charge >= 0.3 is 0 Å². The molecule has 1 heterocycles. The molecule has 0 fully saturated rings. The van der Waals surface area contributed by atoms with E-state index in [2.05, 4.69) is 15.9 Å². The molecule has 0 aliphatic rings. The molecule has 5 nitrogen and oxygen atoms in total. The molecule has 1 atom stereocenters. The standard InChI is InChI=1S/C31H25BrClN3O2/c1-21(35(20-19-22-9-3-2-4-10-22)30(37)25-11-5-7-13-27(25)33)29-34-28-14-8-6-12-26(28)31(38)36(29)24-17-15-23(32)16-18-24/h2-18,21H,19-20H2,1H3. The van der Waals surface area contributed by atoms with Gasteiger partial charge in [0.05, 0.1) is 33.2 Å². The van der Waals surface area contributed by atoms with Crippen LogP contribution in [0.2, 0.25) is 5.02 Å². The van der Waals surface area contributed by atoms with Crippen molar-refractivity contribution in [1.29, 1.82) is 0 Å². The maximum absolute atomic E-state index is 14.0. The Bertz CT molecular complexity index is 1650. The number of benzene rings is 4. The van der Waals surface area contributed by atoms with Crippen molar-refractivity contribution in [2.45, 2.75) is 19.4 Å². The Hall–Kier alpha value is -3.74. The van der Waals surface area contributed by atoms with Crippen molar-refractivity contribution >= 4 is 44.3 Å². The number of amides is 1. The van der Waals surface area contributed by atoms with E-state index in [0.717, 1.165) is 10.0 Å². The van der Waals surface area contributed by atoms with Crippen LogP contribution in [0.5, 0.6) is 0 Å². The van der Waals surface area contributed by atoms with Gasteiger partial charge in [-0.05, 0) is 67.4 Å². The van der Waals surface area contributed by atoms with Gasteiger partial charge in [0.2, 0.25) is 0 Å². The largest absolute Gasteiger partial charge is 0.328 e. The van der Waals surface area contributed by atoms with Gasteiger partial charge in [0.1, 0.15) is 5.82 Å². The van der Waals surface area contributed by atoms with E-state index in [1.54, 1.807) is 39.8 Å². The SMILES string of the molecule is CC(c1nc2ccccc2c(=O)n1-c1ccc(Br)cc1)N(CCc1ccccc1)C(=O)c1ccccc1Cl. The fraction of sp³-hybridized carbons (Fsp3) is 0.129. The summed E-state index contributed by atoms with van der Waals surface area (Å²) >= 11 is 9.93. The fourth-order valence-corrected chi connectivity index (χ4v) is 5.04. The summed E-state index contributed by atoms with van der Waals surface area (Å²) in [6, 6.07) is 31.3. The van der Waals surface area contributed by atoms with Crippen LogP contribution in [0.3, 0.4) is 0 Å². The normalized spacial score (nSPS) is 11.9. The molecule has 0 aliphatic heterocycles. The number of aromatic nitrogens is 2. The lowest BCUT2D eigenvalue weighted by molar-refractivity contribution is 0.0684. The number of para-hydroxylation sites is 1. The third-order valence-electron chi connectivity index (χ3n) is 6.58. The average Bonchev–Trinajstić information content (AvgIpc) is 2.94. The van der Waals surface area contributed by atoms with Gasteiger partial charge in [0.25, 0.3) is 11.5 Å². The number of rotatable bonds is 7. The van der Waals surface area contributed by atoms with Gasteiger partial charge in [-0.2, -0.15) is 0 Å². The topological polar surface area (TPSA) is 55.2 Å². The fourth-order valence-electron chi connectivity index (χ4n) is 4.56. The Kier molecular flexibility index (Phi) is 7.72. The number of nitrogens with zero attached hydrogens (tertiary/aromatic N) is 3. The van der Waals surface area contributed by atoms with Gasteiger partial charge < -0.3 is 4.90 Å². The van der Waals surface area contributed by atoms with E-state index < -0.39 is 6.04 Å². The van der Waals surface area contributed by atoms with Gasteiger partial charge in [0.15, 0.2) is 0 Å². The summed E-state index contributed by atoms with van der Waals surface area (Å²) in [5.74, 6) is 0.258. The average molecular weight is 587 g/mol. The molecule has 0 saturated heterocycles. The van der Waals surface area contributed by atoms with Crippen molar-refractivity contribution in [1.82, 2.24) is 14.5 Å². The Morgan fingerprint density at radius 2 is 1.58 bits per heavy atom. The zero-order chi connectivity index (χ0) is 26.6. The van der Waals surface area contributed by atoms with Crippen molar-refractivity contribution in [3.8, 4) is 5.69 Å². The van der Waals surface area contributed by atoms with Crippen LogP contribution in [0.15, 0.2) is 112 Å². The van der Waals surface area contributed by atoms with Gasteiger partial charge in [-0.3, -0.25) is 14.2 Å². The minimum absolute atomic E-state index is 0.187. The third kappa shape index (κ3) is 5.28. The predicted octanol–water partition coefficient (Wildman–Crippen LogP) is 7.25. The smallest absolute Gasteiger partial charge is 0.266 e. The van der Waals surface area contributed by atoms with Crippen LogP contribution >= 0.6 is 27.5 Å². The number of hydrogen-bond donors (Lipinski definition) is 0. The molecule has 0 N–H and O–H groups in total. The van der Waals surface area contributed by atoms with Crippen LogP contribution in [0.25, 0.3) is 16.6 Å². The molecule has 0 radical (unpaired) electrons. The molecule has 5 aromatic rings. The lowest BCUT2D eigenvalue weighted by Crippen LogP contribution is -2.38. The predicted molar refractivity (Wildman–Crippen MR) is 156 cm³/mol. The zero-order valence-electron chi connectivity index (χ0n) is 20.7. The van der Waals surface area contributed by atoms with Crippen molar-refractivity contribution in [2.75, 3.05) is 6.54 Å². The molecule has 0 spiro atoms. The maximum atomic E-state index is 14.0. The van der Waals surface area contributed by atoms with Crippen LogP contribution < -0.4 is 5.56 Å². The first-order chi connectivity index (χ1) is 18.4. The highest BCUT2D eigenvalue weighted by atomic mass is 79.9. The summed E-state index contributed by atoms with van der Waals surface area (Å²) in [4.78, 5) is 34.5. The van der Waals surface area contributed by atoms with E-state index in [9.17, 15) is 9.59 Å². The summed E-state index contributed by atoms with van der Waals surface area (Å²) < 4.78 is 2.51. The molecule has 0 saturated carbocycles. The first-order valence-corrected chi connectivity index (χ1v) is 13.5. The molecule has 5 rings (SSSR count). The van der Waals surface area contributed by atoms with Crippen molar-refractivity contribution in [3.05, 3.63) is 140 Å². The van der Waals surface area contributed by atoms with Gasteiger partial charge in [0, 0.05) is 11.0 Å². The van der Waals surface area contributed by atoms with Crippen LogP contribution in [0, 0.1) is 0 Å². The molecular weight excluding hydrogens is 562 g/mol. The Morgan fingerprint density at radius 1 is 0.921 bits per heavy atom. The van der Waals surface area contributed by atoms with E-state index in [-0.39, 0.29) is 11.5 Å². The molecule has 4 aromatic carbocycles. The molecular formula is C31H25BrClN3O2. The summed E-state index contributed by atoms with van der Waals surface area (Å²) in [5, 5.41) is 0.894. The quantitative estimate of drug-likeness (QED) is 0.202. The van der Waals surface area contributed by atoms with Crippen LogP contribution in [0.4, 0.5) is 0 Å². The summed E-state index contributed by atoms with van der Waals surface area (Å²) in [6.45, 7) is 2.32. The molecule has 38 heavy (non-hydrogen) atoms. The molecule has 7 heteroatoms. The van der Waals surface area contributed by atoms with Crippen LogP contribution in [0.1, 0.15) is 34.7 Å². The molecule has 1 unspecified atom stereocenters. The minimum atomic E-state index is -0.538. The molecule has 1 amide bonds. The van der Waals surface area contributed by atoms with Gasteiger partial charge in [-0.15, -0.1) is 0 Å². The minimum Gasteiger partial charge on any atom is -0.328 e. The highest BCUT2D eigenvalue weighted by Crippen LogP contribution is 2.27. The highest BCUT2D eigenvalue weighted by Gasteiger charge is 2.28.